The Bertz CT molecular complexity index is 555. The van der Waals surface area contributed by atoms with Gasteiger partial charge < -0.3 is 10.6 Å². The number of hydrogen-bond acceptors (Lipinski definition) is 3. The van der Waals surface area contributed by atoms with Crippen LogP contribution in [0.5, 0.6) is 0 Å². The second kappa shape index (κ2) is 6.57. The maximum absolute atomic E-state index is 4.25. The summed E-state index contributed by atoms with van der Waals surface area (Å²) in [7, 11) is 0. The molecule has 0 spiro atoms. The van der Waals surface area contributed by atoms with Gasteiger partial charge in [0.15, 0.2) is 0 Å². The van der Waals surface area contributed by atoms with Gasteiger partial charge >= 0.3 is 0 Å². The molecule has 0 aliphatic heterocycles. The normalized spacial score (nSPS) is 10.3. The predicted octanol–water partition coefficient (Wildman–Crippen LogP) is 4.72. The number of anilines is 3. The lowest BCUT2D eigenvalue weighted by molar-refractivity contribution is 0.978. The minimum Gasteiger partial charge on any atom is -0.384 e. The third-order valence-electron chi connectivity index (χ3n) is 2.80. The molecular weight excluding hydrogens is 302 g/mol. The summed E-state index contributed by atoms with van der Waals surface area (Å²) in [6, 6.07) is 8.27. The van der Waals surface area contributed by atoms with Crippen molar-refractivity contribution in [1.82, 2.24) is 4.98 Å². The van der Waals surface area contributed by atoms with Crippen LogP contribution < -0.4 is 10.6 Å². The molecular formula is C15H18BrN3. The Morgan fingerprint density at radius 2 is 1.95 bits per heavy atom. The van der Waals surface area contributed by atoms with E-state index in [1.165, 1.54) is 5.56 Å². The predicted molar refractivity (Wildman–Crippen MR) is 85.2 cm³/mol. The van der Waals surface area contributed by atoms with Gasteiger partial charge in [-0.3, -0.25) is 4.98 Å². The van der Waals surface area contributed by atoms with E-state index < -0.39 is 0 Å². The molecule has 4 heteroatoms. The molecule has 0 aliphatic carbocycles. The molecule has 0 fully saturated rings. The van der Waals surface area contributed by atoms with Crippen molar-refractivity contribution in [2.45, 2.75) is 20.3 Å². The summed E-state index contributed by atoms with van der Waals surface area (Å²) >= 11 is 3.49. The van der Waals surface area contributed by atoms with Crippen LogP contribution in [0.2, 0.25) is 0 Å². The van der Waals surface area contributed by atoms with E-state index in [9.17, 15) is 0 Å². The summed E-state index contributed by atoms with van der Waals surface area (Å²) in [6.45, 7) is 5.19. The maximum atomic E-state index is 4.25. The Hall–Kier alpha value is -1.55. The zero-order valence-electron chi connectivity index (χ0n) is 11.2. The molecule has 0 saturated heterocycles. The standard InChI is InChI=1S/C15H18BrN3/c1-3-6-18-13-8-14(10-17-9-13)19-15-7-12(16)5-4-11(15)2/h4-5,7-10,18-19H,3,6H2,1-2H3. The van der Waals surface area contributed by atoms with Gasteiger partial charge in [0.2, 0.25) is 0 Å². The van der Waals surface area contributed by atoms with Crippen molar-refractivity contribution in [3.8, 4) is 0 Å². The molecule has 2 rings (SSSR count). The van der Waals surface area contributed by atoms with Gasteiger partial charge in [0.1, 0.15) is 0 Å². The third kappa shape index (κ3) is 3.96. The first-order valence-corrected chi connectivity index (χ1v) is 7.20. The van der Waals surface area contributed by atoms with Crippen molar-refractivity contribution in [2.75, 3.05) is 17.2 Å². The fraction of sp³-hybridized carbons (Fsp3) is 0.267. The molecule has 19 heavy (non-hydrogen) atoms. The van der Waals surface area contributed by atoms with Gasteiger partial charge in [-0.1, -0.05) is 28.9 Å². The average Bonchev–Trinajstić information content (AvgIpc) is 2.41. The number of rotatable bonds is 5. The Morgan fingerprint density at radius 1 is 1.16 bits per heavy atom. The van der Waals surface area contributed by atoms with Crippen LogP contribution >= 0.6 is 15.9 Å². The second-order valence-electron chi connectivity index (χ2n) is 4.47. The summed E-state index contributed by atoms with van der Waals surface area (Å²) in [5.41, 5.74) is 4.32. The van der Waals surface area contributed by atoms with E-state index in [4.69, 9.17) is 0 Å². The molecule has 3 nitrogen and oxygen atoms in total. The first-order chi connectivity index (χ1) is 9.19. The molecule has 0 atom stereocenters. The Morgan fingerprint density at radius 3 is 2.74 bits per heavy atom. The Labute approximate surface area is 122 Å². The molecule has 0 amide bonds. The highest BCUT2D eigenvalue weighted by Crippen LogP contribution is 2.25. The van der Waals surface area contributed by atoms with Gasteiger partial charge in [0.05, 0.1) is 23.8 Å². The van der Waals surface area contributed by atoms with Crippen LogP contribution in [-0.2, 0) is 0 Å². The summed E-state index contributed by atoms with van der Waals surface area (Å²) in [5.74, 6) is 0. The SMILES string of the molecule is CCCNc1cncc(Nc2cc(Br)ccc2C)c1. The lowest BCUT2D eigenvalue weighted by Crippen LogP contribution is -2.01. The Balaban J connectivity index is 2.16. The summed E-state index contributed by atoms with van der Waals surface area (Å²) in [5, 5.41) is 6.73. The van der Waals surface area contributed by atoms with Crippen LogP contribution in [0.25, 0.3) is 0 Å². The lowest BCUT2D eigenvalue weighted by atomic mass is 10.2. The first-order valence-electron chi connectivity index (χ1n) is 6.41. The number of aromatic nitrogens is 1. The molecule has 2 N–H and O–H groups in total. The lowest BCUT2D eigenvalue weighted by Gasteiger charge is -2.11. The number of nitrogens with zero attached hydrogens (tertiary/aromatic N) is 1. The Kier molecular flexibility index (Phi) is 4.80. The molecule has 0 saturated carbocycles. The molecule has 0 bridgehead atoms. The van der Waals surface area contributed by atoms with Gasteiger partial charge in [-0.15, -0.1) is 0 Å². The minimum absolute atomic E-state index is 0.959. The van der Waals surface area contributed by atoms with Crippen molar-refractivity contribution >= 4 is 33.0 Å². The second-order valence-corrected chi connectivity index (χ2v) is 5.39. The highest BCUT2D eigenvalue weighted by molar-refractivity contribution is 9.10. The molecule has 1 aromatic heterocycles. The van der Waals surface area contributed by atoms with Crippen LogP contribution in [0.1, 0.15) is 18.9 Å². The van der Waals surface area contributed by atoms with Crippen molar-refractivity contribution in [3.05, 3.63) is 46.7 Å². The molecule has 2 aromatic rings. The first kappa shape index (κ1) is 13.9. The van der Waals surface area contributed by atoms with E-state index in [-0.39, 0.29) is 0 Å². The highest BCUT2D eigenvalue weighted by Gasteiger charge is 2.01. The number of benzene rings is 1. The largest absolute Gasteiger partial charge is 0.384 e. The number of pyridine rings is 1. The number of halogens is 1. The fourth-order valence-electron chi connectivity index (χ4n) is 1.76. The molecule has 1 aromatic carbocycles. The maximum Gasteiger partial charge on any atom is 0.0591 e. The van der Waals surface area contributed by atoms with Gasteiger partial charge in [-0.25, -0.2) is 0 Å². The summed E-state index contributed by atoms with van der Waals surface area (Å²) in [4.78, 5) is 4.25. The monoisotopic (exact) mass is 319 g/mol. The van der Waals surface area contributed by atoms with Crippen LogP contribution in [0, 0.1) is 6.92 Å². The van der Waals surface area contributed by atoms with E-state index in [2.05, 4.69) is 63.6 Å². The zero-order valence-corrected chi connectivity index (χ0v) is 12.8. The topological polar surface area (TPSA) is 37.0 Å². The van der Waals surface area contributed by atoms with Crippen molar-refractivity contribution < 1.29 is 0 Å². The summed E-state index contributed by atoms with van der Waals surface area (Å²) in [6.07, 6.45) is 4.77. The van der Waals surface area contributed by atoms with E-state index in [0.29, 0.717) is 0 Å². The van der Waals surface area contributed by atoms with Crippen LogP contribution in [0.4, 0.5) is 17.1 Å². The third-order valence-corrected chi connectivity index (χ3v) is 3.29. The molecule has 0 radical (unpaired) electrons. The number of nitrogens with one attached hydrogen (secondary N) is 2. The van der Waals surface area contributed by atoms with E-state index in [0.717, 1.165) is 34.5 Å². The smallest absolute Gasteiger partial charge is 0.0591 e. The van der Waals surface area contributed by atoms with E-state index in [1.54, 1.807) is 0 Å². The average molecular weight is 320 g/mol. The highest BCUT2D eigenvalue weighted by atomic mass is 79.9. The van der Waals surface area contributed by atoms with Crippen LogP contribution in [0.15, 0.2) is 41.1 Å². The quantitative estimate of drug-likeness (QED) is 0.837. The van der Waals surface area contributed by atoms with Crippen molar-refractivity contribution in [3.63, 3.8) is 0 Å². The van der Waals surface area contributed by atoms with Gasteiger partial charge in [0, 0.05) is 16.7 Å². The van der Waals surface area contributed by atoms with Crippen LogP contribution in [-0.4, -0.2) is 11.5 Å². The number of hydrogen-bond donors (Lipinski definition) is 2. The molecule has 0 unspecified atom stereocenters. The van der Waals surface area contributed by atoms with Crippen LogP contribution in [0.3, 0.4) is 0 Å². The van der Waals surface area contributed by atoms with E-state index >= 15 is 0 Å². The minimum atomic E-state index is 0.959. The molecule has 0 aliphatic rings. The molecule has 100 valence electrons. The van der Waals surface area contributed by atoms with Crippen molar-refractivity contribution in [1.29, 1.82) is 0 Å². The zero-order chi connectivity index (χ0) is 13.7. The summed E-state index contributed by atoms with van der Waals surface area (Å²) < 4.78 is 1.06. The van der Waals surface area contributed by atoms with E-state index in [1.807, 2.05) is 18.5 Å². The van der Waals surface area contributed by atoms with Gasteiger partial charge in [0.25, 0.3) is 0 Å². The molecule has 1 heterocycles. The number of aryl methyl sites for hydroxylation is 1. The van der Waals surface area contributed by atoms with Gasteiger partial charge in [-0.2, -0.15) is 0 Å². The van der Waals surface area contributed by atoms with Gasteiger partial charge in [-0.05, 0) is 37.1 Å². The fourth-order valence-corrected chi connectivity index (χ4v) is 2.12. The van der Waals surface area contributed by atoms with Crippen molar-refractivity contribution in [2.24, 2.45) is 0 Å².